The van der Waals surface area contributed by atoms with Crippen molar-refractivity contribution in [1.82, 2.24) is 10.2 Å². The molecule has 0 bridgehead atoms. The monoisotopic (exact) mass is 296 g/mol. The number of hydrogen-bond donors (Lipinski definition) is 1. The molecule has 2 aliphatic rings. The summed E-state index contributed by atoms with van der Waals surface area (Å²) in [4.78, 5) is 2.68. The minimum absolute atomic E-state index is 0.420. The van der Waals surface area contributed by atoms with Gasteiger partial charge in [0.15, 0.2) is 0 Å². The zero-order chi connectivity index (χ0) is 15.1. The van der Waals surface area contributed by atoms with E-state index in [1.54, 1.807) is 0 Å². The van der Waals surface area contributed by atoms with Crippen molar-refractivity contribution in [3.05, 3.63) is 0 Å². The fraction of sp³-hybridized carbons (Fsp3) is 1.00. The number of rotatable bonds is 6. The smallest absolute Gasteiger partial charge is 0.0472 e. The molecule has 0 aromatic heterocycles. The summed E-state index contributed by atoms with van der Waals surface area (Å²) >= 11 is 0. The maximum absolute atomic E-state index is 5.63. The summed E-state index contributed by atoms with van der Waals surface area (Å²) in [5.41, 5.74) is 0.420. The van der Waals surface area contributed by atoms with Crippen LogP contribution in [0.1, 0.15) is 65.2 Å². The Labute approximate surface area is 131 Å². The van der Waals surface area contributed by atoms with Crippen molar-refractivity contribution in [2.45, 2.75) is 77.3 Å². The molecule has 0 amide bonds. The molecule has 0 aromatic carbocycles. The molecule has 1 aliphatic heterocycles. The van der Waals surface area contributed by atoms with E-state index >= 15 is 0 Å². The summed E-state index contributed by atoms with van der Waals surface area (Å²) < 4.78 is 5.63. The molecule has 1 heterocycles. The lowest BCUT2D eigenvalue weighted by Gasteiger charge is -2.42. The van der Waals surface area contributed by atoms with E-state index in [1.165, 1.54) is 57.9 Å². The van der Waals surface area contributed by atoms with Gasteiger partial charge in [-0.3, -0.25) is 0 Å². The normalized spacial score (nSPS) is 24.4. The minimum Gasteiger partial charge on any atom is -0.381 e. The molecule has 2 rings (SSSR count). The summed E-state index contributed by atoms with van der Waals surface area (Å²) in [7, 11) is 2.36. The van der Waals surface area contributed by atoms with Gasteiger partial charge in [-0.25, -0.2) is 0 Å². The molecule has 0 aromatic rings. The molecular formula is C18H36N2O. The number of nitrogens with zero attached hydrogens (tertiary/aromatic N) is 1. The van der Waals surface area contributed by atoms with Crippen LogP contribution in [-0.4, -0.2) is 50.3 Å². The van der Waals surface area contributed by atoms with Crippen LogP contribution in [0.3, 0.4) is 0 Å². The maximum Gasteiger partial charge on any atom is 0.0472 e. The van der Waals surface area contributed by atoms with E-state index in [4.69, 9.17) is 4.74 Å². The first-order valence-corrected chi connectivity index (χ1v) is 9.13. The van der Waals surface area contributed by atoms with E-state index in [0.717, 1.165) is 25.8 Å². The molecule has 2 fully saturated rings. The molecule has 124 valence electrons. The first-order valence-electron chi connectivity index (χ1n) is 9.13. The van der Waals surface area contributed by atoms with E-state index in [9.17, 15) is 0 Å². The molecular weight excluding hydrogens is 260 g/mol. The van der Waals surface area contributed by atoms with Gasteiger partial charge in [-0.2, -0.15) is 0 Å². The van der Waals surface area contributed by atoms with Crippen LogP contribution in [0.25, 0.3) is 0 Å². The number of ether oxygens (including phenoxy) is 1. The van der Waals surface area contributed by atoms with E-state index < -0.39 is 0 Å². The molecule has 0 spiro atoms. The highest BCUT2D eigenvalue weighted by Gasteiger charge is 2.35. The van der Waals surface area contributed by atoms with E-state index in [2.05, 4.69) is 31.1 Å². The van der Waals surface area contributed by atoms with Gasteiger partial charge in [-0.1, -0.05) is 39.5 Å². The van der Waals surface area contributed by atoms with Crippen molar-refractivity contribution in [3.63, 3.8) is 0 Å². The Hall–Kier alpha value is -0.120. The molecule has 1 saturated heterocycles. The molecule has 0 atom stereocenters. The lowest BCUT2D eigenvalue weighted by Crippen LogP contribution is -2.49. The highest BCUT2D eigenvalue weighted by atomic mass is 16.5. The first-order chi connectivity index (χ1) is 10.1. The topological polar surface area (TPSA) is 24.5 Å². The highest BCUT2D eigenvalue weighted by Crippen LogP contribution is 2.33. The van der Waals surface area contributed by atoms with Crippen molar-refractivity contribution >= 4 is 0 Å². The average molecular weight is 296 g/mol. The average Bonchev–Trinajstić information content (AvgIpc) is 2.75. The summed E-state index contributed by atoms with van der Waals surface area (Å²) in [5.74, 6) is 0. The third-order valence-corrected chi connectivity index (χ3v) is 5.47. The van der Waals surface area contributed by atoms with Crippen molar-refractivity contribution in [2.75, 3.05) is 33.4 Å². The number of hydrogen-bond acceptors (Lipinski definition) is 3. The molecule has 0 radical (unpaired) electrons. The van der Waals surface area contributed by atoms with Gasteiger partial charge >= 0.3 is 0 Å². The third-order valence-electron chi connectivity index (χ3n) is 5.47. The maximum atomic E-state index is 5.63. The fourth-order valence-corrected chi connectivity index (χ4v) is 3.97. The Morgan fingerprint density at radius 3 is 2.29 bits per heavy atom. The Balaban J connectivity index is 1.92. The SMILES string of the molecule is CC(C)NCC1(CN(C)C2CCCCCC2)CCOCC1. The molecule has 0 unspecified atom stereocenters. The van der Waals surface area contributed by atoms with E-state index in [-0.39, 0.29) is 0 Å². The van der Waals surface area contributed by atoms with Crippen LogP contribution in [0.4, 0.5) is 0 Å². The lowest BCUT2D eigenvalue weighted by atomic mass is 9.79. The van der Waals surface area contributed by atoms with Gasteiger partial charge in [0.25, 0.3) is 0 Å². The van der Waals surface area contributed by atoms with Gasteiger partial charge in [0, 0.05) is 38.4 Å². The van der Waals surface area contributed by atoms with Gasteiger partial charge in [-0.05, 0) is 38.1 Å². The van der Waals surface area contributed by atoms with Gasteiger partial charge in [-0.15, -0.1) is 0 Å². The standard InChI is InChI=1S/C18H36N2O/c1-16(2)19-14-18(10-12-21-13-11-18)15-20(3)17-8-6-4-5-7-9-17/h16-17,19H,4-15H2,1-3H3. The third kappa shape index (κ3) is 5.54. The zero-order valence-electron chi connectivity index (χ0n) is 14.5. The van der Waals surface area contributed by atoms with Gasteiger partial charge in [0.2, 0.25) is 0 Å². The number of nitrogens with one attached hydrogen (secondary N) is 1. The first kappa shape index (κ1) is 17.2. The van der Waals surface area contributed by atoms with Crippen LogP contribution in [-0.2, 0) is 4.74 Å². The molecule has 1 aliphatic carbocycles. The van der Waals surface area contributed by atoms with Crippen LogP contribution in [0.5, 0.6) is 0 Å². The Kier molecular flexibility index (Phi) is 6.97. The van der Waals surface area contributed by atoms with Crippen LogP contribution in [0, 0.1) is 5.41 Å². The molecule has 3 heteroatoms. The van der Waals surface area contributed by atoms with Crippen LogP contribution >= 0.6 is 0 Å². The predicted octanol–water partition coefficient (Wildman–Crippen LogP) is 3.44. The Morgan fingerprint density at radius 2 is 1.71 bits per heavy atom. The molecule has 21 heavy (non-hydrogen) atoms. The molecule has 3 nitrogen and oxygen atoms in total. The summed E-state index contributed by atoms with van der Waals surface area (Å²) in [6.45, 7) is 8.77. The summed E-state index contributed by atoms with van der Waals surface area (Å²) in [5, 5.41) is 3.69. The Morgan fingerprint density at radius 1 is 1.10 bits per heavy atom. The van der Waals surface area contributed by atoms with Gasteiger partial charge < -0.3 is 15.0 Å². The van der Waals surface area contributed by atoms with Crippen molar-refractivity contribution in [2.24, 2.45) is 5.41 Å². The highest BCUT2D eigenvalue weighted by molar-refractivity contribution is 4.89. The van der Waals surface area contributed by atoms with Crippen molar-refractivity contribution in [1.29, 1.82) is 0 Å². The van der Waals surface area contributed by atoms with Crippen molar-refractivity contribution in [3.8, 4) is 0 Å². The lowest BCUT2D eigenvalue weighted by molar-refractivity contribution is -0.00855. The fourth-order valence-electron chi connectivity index (χ4n) is 3.97. The zero-order valence-corrected chi connectivity index (χ0v) is 14.5. The summed E-state index contributed by atoms with van der Waals surface area (Å²) in [6, 6.07) is 1.39. The second-order valence-corrected chi connectivity index (χ2v) is 7.71. The van der Waals surface area contributed by atoms with Gasteiger partial charge in [0.05, 0.1) is 0 Å². The minimum atomic E-state index is 0.420. The largest absolute Gasteiger partial charge is 0.381 e. The van der Waals surface area contributed by atoms with E-state index in [0.29, 0.717) is 11.5 Å². The Bertz CT molecular complexity index is 279. The van der Waals surface area contributed by atoms with Crippen LogP contribution in [0.15, 0.2) is 0 Å². The van der Waals surface area contributed by atoms with Gasteiger partial charge in [0.1, 0.15) is 0 Å². The second kappa shape index (κ2) is 8.50. The van der Waals surface area contributed by atoms with Crippen LogP contribution < -0.4 is 5.32 Å². The van der Waals surface area contributed by atoms with Crippen LogP contribution in [0.2, 0.25) is 0 Å². The quantitative estimate of drug-likeness (QED) is 0.760. The molecule has 1 N–H and O–H groups in total. The second-order valence-electron chi connectivity index (χ2n) is 7.71. The van der Waals surface area contributed by atoms with E-state index in [1.807, 2.05) is 0 Å². The molecule has 1 saturated carbocycles. The van der Waals surface area contributed by atoms with Crippen molar-refractivity contribution < 1.29 is 4.74 Å². The predicted molar refractivity (Wildman–Crippen MR) is 89.7 cm³/mol. The summed E-state index contributed by atoms with van der Waals surface area (Å²) in [6.07, 6.45) is 11.0.